The molecule has 0 aliphatic heterocycles. The van der Waals surface area contributed by atoms with Gasteiger partial charge in [0.15, 0.2) is 0 Å². The third kappa shape index (κ3) is 0.704. The molecule has 1 aliphatic carbocycles. The van der Waals surface area contributed by atoms with Crippen LogP contribution in [0.2, 0.25) is 0 Å². The first-order chi connectivity index (χ1) is 2.30. The summed E-state index contributed by atoms with van der Waals surface area (Å²) in [5.41, 5.74) is 0. The van der Waals surface area contributed by atoms with Gasteiger partial charge in [0.05, 0.1) is 10.8 Å². The molecule has 0 aromatic heterocycles. The van der Waals surface area contributed by atoms with E-state index in [2.05, 4.69) is 0 Å². The smallest absolute Gasteiger partial charge is 0.0514 e. The summed E-state index contributed by atoms with van der Waals surface area (Å²) in [7, 11) is 0. The first-order valence-corrected chi connectivity index (χ1v) is 2.46. The molecule has 0 radical (unpaired) electrons. The van der Waals surface area contributed by atoms with Crippen molar-refractivity contribution in [3.8, 4) is 0 Å². The second-order valence-electron chi connectivity index (χ2n) is 1.27. The van der Waals surface area contributed by atoms with Crippen LogP contribution >= 0.6 is 23.2 Å². The quantitative estimate of drug-likeness (QED) is 0.416. The lowest BCUT2D eigenvalue weighted by molar-refractivity contribution is 1.50. The topological polar surface area (TPSA) is 0 Å². The zero-order chi connectivity index (χ0) is 3.86. The Balaban J connectivity index is 2.20. The van der Waals surface area contributed by atoms with Crippen LogP contribution in [-0.2, 0) is 0 Å². The van der Waals surface area contributed by atoms with Gasteiger partial charge in [-0.25, -0.2) is 0 Å². The third-order valence-corrected chi connectivity index (χ3v) is 1.73. The largest absolute Gasteiger partial charge is 0.121 e. The Labute approximate surface area is 41.1 Å². The maximum absolute atomic E-state index is 5.40. The normalized spacial score (nSPS) is 49.2. The van der Waals surface area contributed by atoms with Crippen molar-refractivity contribution in [1.82, 2.24) is 0 Å². The summed E-state index contributed by atoms with van der Waals surface area (Å²) in [5, 5.41) is 0.577. The van der Waals surface area contributed by atoms with Crippen LogP contribution in [0, 0.1) is 0 Å². The number of halogens is 2. The highest BCUT2D eigenvalue weighted by atomic mass is 35.5. The average molecular weight is 111 g/mol. The zero-order valence-electron chi connectivity index (χ0n) is 2.62. The lowest BCUT2D eigenvalue weighted by Gasteiger charge is -1.62. The number of alkyl halides is 2. The minimum absolute atomic E-state index is 0.289. The minimum atomic E-state index is 0.289. The molecule has 30 valence electrons. The summed E-state index contributed by atoms with van der Waals surface area (Å²) >= 11 is 10.8. The maximum atomic E-state index is 5.40. The molecule has 0 amide bonds. The van der Waals surface area contributed by atoms with E-state index < -0.39 is 0 Å². The Morgan fingerprint density at radius 2 is 1.40 bits per heavy atom. The van der Waals surface area contributed by atoms with Crippen molar-refractivity contribution in [2.24, 2.45) is 0 Å². The van der Waals surface area contributed by atoms with Crippen molar-refractivity contribution >= 4 is 23.2 Å². The molecule has 0 spiro atoms. The first-order valence-electron chi connectivity index (χ1n) is 1.59. The molecule has 0 N–H and O–H groups in total. The van der Waals surface area contributed by atoms with E-state index in [9.17, 15) is 0 Å². The van der Waals surface area contributed by atoms with Crippen LogP contribution in [-0.4, -0.2) is 10.8 Å². The van der Waals surface area contributed by atoms with Crippen LogP contribution in [0.3, 0.4) is 0 Å². The molecule has 1 aliphatic rings. The second-order valence-corrected chi connectivity index (χ2v) is 2.39. The van der Waals surface area contributed by atoms with E-state index in [4.69, 9.17) is 23.2 Å². The van der Waals surface area contributed by atoms with Gasteiger partial charge in [-0.3, -0.25) is 0 Å². The van der Waals surface area contributed by atoms with Gasteiger partial charge >= 0.3 is 0 Å². The fourth-order valence-corrected chi connectivity index (χ4v) is 0.612. The monoisotopic (exact) mass is 110 g/mol. The summed E-state index contributed by atoms with van der Waals surface area (Å²) in [6.07, 6.45) is 1.00. The predicted molar refractivity (Wildman–Crippen MR) is 23.9 cm³/mol. The highest BCUT2D eigenvalue weighted by Gasteiger charge is 2.32. The molecule has 0 nitrogen and oxygen atoms in total. The van der Waals surface area contributed by atoms with E-state index in [0.29, 0.717) is 0 Å². The Kier molecular flexibility index (Phi) is 0.768. The highest BCUT2D eigenvalue weighted by molar-refractivity contribution is 6.34. The standard InChI is InChI=1S/C3H4Cl2/c4-2-1-3(2)5/h2-3H,1H2/t2-,3?/m1/s1. The van der Waals surface area contributed by atoms with Gasteiger partial charge in [-0.1, -0.05) is 0 Å². The average Bonchev–Trinajstić information content (AvgIpc) is 1.79. The van der Waals surface area contributed by atoms with Gasteiger partial charge in [0.25, 0.3) is 0 Å². The third-order valence-electron chi connectivity index (χ3n) is 0.640. The summed E-state index contributed by atoms with van der Waals surface area (Å²) in [6, 6.07) is 0. The van der Waals surface area contributed by atoms with Gasteiger partial charge in [-0.05, 0) is 6.42 Å². The first kappa shape index (κ1) is 3.76. The lowest BCUT2D eigenvalue weighted by Crippen LogP contribution is -1.63. The predicted octanol–water partition coefficient (Wildman–Crippen LogP) is 1.60. The molecular formula is C3H4Cl2. The maximum Gasteiger partial charge on any atom is 0.0514 e. The van der Waals surface area contributed by atoms with Crippen molar-refractivity contribution in [2.75, 3.05) is 0 Å². The van der Waals surface area contributed by atoms with E-state index in [-0.39, 0.29) is 10.8 Å². The number of rotatable bonds is 0. The molecule has 0 aromatic carbocycles. The van der Waals surface area contributed by atoms with Crippen molar-refractivity contribution in [1.29, 1.82) is 0 Å². The molecule has 1 fully saturated rings. The Hall–Kier alpha value is 0.580. The van der Waals surface area contributed by atoms with Gasteiger partial charge in [-0.2, -0.15) is 0 Å². The Bertz CT molecular complexity index is 38.2. The molecule has 0 saturated heterocycles. The Morgan fingerprint density at radius 3 is 1.40 bits per heavy atom. The molecule has 1 rings (SSSR count). The SMILES string of the molecule is ClC1C[C@H]1Cl. The van der Waals surface area contributed by atoms with Gasteiger partial charge < -0.3 is 0 Å². The fourth-order valence-electron chi connectivity index (χ4n) is 0.137. The van der Waals surface area contributed by atoms with Crippen molar-refractivity contribution in [3.63, 3.8) is 0 Å². The van der Waals surface area contributed by atoms with E-state index >= 15 is 0 Å². The van der Waals surface area contributed by atoms with Crippen molar-refractivity contribution in [3.05, 3.63) is 0 Å². The van der Waals surface area contributed by atoms with Gasteiger partial charge in [0, 0.05) is 0 Å². The molecule has 0 bridgehead atoms. The van der Waals surface area contributed by atoms with E-state index in [1.807, 2.05) is 0 Å². The molecule has 0 heterocycles. The molecule has 2 atom stereocenters. The summed E-state index contributed by atoms with van der Waals surface area (Å²) in [5.74, 6) is 0. The highest BCUT2D eigenvalue weighted by Crippen LogP contribution is 2.33. The molecule has 0 aromatic rings. The summed E-state index contributed by atoms with van der Waals surface area (Å²) in [4.78, 5) is 0. The van der Waals surface area contributed by atoms with Gasteiger partial charge in [-0.15, -0.1) is 23.2 Å². The van der Waals surface area contributed by atoms with Crippen LogP contribution in [0.4, 0.5) is 0 Å². The van der Waals surface area contributed by atoms with Gasteiger partial charge in [0.1, 0.15) is 0 Å². The minimum Gasteiger partial charge on any atom is -0.121 e. The molecule has 1 saturated carbocycles. The van der Waals surface area contributed by atoms with E-state index in [1.165, 1.54) is 0 Å². The number of hydrogen-bond donors (Lipinski definition) is 0. The van der Waals surface area contributed by atoms with Crippen LogP contribution in [0.25, 0.3) is 0 Å². The fraction of sp³-hybridized carbons (Fsp3) is 1.00. The van der Waals surface area contributed by atoms with Crippen LogP contribution in [0.5, 0.6) is 0 Å². The molecule has 2 heteroatoms. The molecule has 1 unspecified atom stereocenters. The van der Waals surface area contributed by atoms with Crippen LogP contribution in [0.1, 0.15) is 6.42 Å². The lowest BCUT2D eigenvalue weighted by atomic mass is 11.0. The van der Waals surface area contributed by atoms with Crippen molar-refractivity contribution < 1.29 is 0 Å². The summed E-state index contributed by atoms with van der Waals surface area (Å²) < 4.78 is 0. The van der Waals surface area contributed by atoms with E-state index in [0.717, 1.165) is 6.42 Å². The molecular weight excluding hydrogens is 107 g/mol. The van der Waals surface area contributed by atoms with Crippen LogP contribution in [0.15, 0.2) is 0 Å². The number of hydrogen-bond acceptors (Lipinski definition) is 0. The van der Waals surface area contributed by atoms with Gasteiger partial charge in [0.2, 0.25) is 0 Å². The summed E-state index contributed by atoms with van der Waals surface area (Å²) in [6.45, 7) is 0. The second kappa shape index (κ2) is 1.02. The van der Waals surface area contributed by atoms with Crippen LogP contribution < -0.4 is 0 Å². The Morgan fingerprint density at radius 1 is 1.20 bits per heavy atom. The zero-order valence-corrected chi connectivity index (χ0v) is 4.13. The molecule has 5 heavy (non-hydrogen) atoms. The van der Waals surface area contributed by atoms with E-state index in [1.54, 1.807) is 0 Å². The van der Waals surface area contributed by atoms with Crippen molar-refractivity contribution in [2.45, 2.75) is 17.2 Å².